The maximum atomic E-state index is 11.9. The zero-order valence-electron chi connectivity index (χ0n) is 9.69. The fourth-order valence-corrected chi connectivity index (χ4v) is 1.92. The molecule has 2 N–H and O–H groups in total. The smallest absolute Gasteiger partial charge is 0.329 e. The SMILES string of the molecule is Cc1ccc(C(=O)NC2(C(=O)O)CCC2)cc1. The van der Waals surface area contributed by atoms with Crippen LogP contribution in [0.5, 0.6) is 0 Å². The Bertz CT molecular complexity index is 446. The Kier molecular flexibility index (Phi) is 2.88. The third kappa shape index (κ3) is 2.16. The fraction of sp³-hybridized carbons (Fsp3) is 0.385. The minimum Gasteiger partial charge on any atom is -0.480 e. The van der Waals surface area contributed by atoms with Crippen LogP contribution in [0.1, 0.15) is 35.2 Å². The number of hydrogen-bond acceptors (Lipinski definition) is 2. The zero-order valence-corrected chi connectivity index (χ0v) is 9.69. The van der Waals surface area contributed by atoms with Gasteiger partial charge < -0.3 is 10.4 Å². The van der Waals surface area contributed by atoms with Crippen molar-refractivity contribution in [3.05, 3.63) is 35.4 Å². The van der Waals surface area contributed by atoms with Crippen molar-refractivity contribution in [2.45, 2.75) is 31.7 Å². The van der Waals surface area contributed by atoms with Crippen molar-refractivity contribution in [2.75, 3.05) is 0 Å². The molecule has 1 aliphatic rings. The van der Waals surface area contributed by atoms with Gasteiger partial charge in [-0.2, -0.15) is 0 Å². The first kappa shape index (κ1) is 11.6. The summed E-state index contributed by atoms with van der Waals surface area (Å²) < 4.78 is 0. The van der Waals surface area contributed by atoms with Crippen LogP contribution in [0.2, 0.25) is 0 Å². The Morgan fingerprint density at radius 2 is 1.82 bits per heavy atom. The Morgan fingerprint density at radius 3 is 2.24 bits per heavy atom. The van der Waals surface area contributed by atoms with Crippen LogP contribution in [0.3, 0.4) is 0 Å². The normalized spacial score (nSPS) is 17.0. The van der Waals surface area contributed by atoms with E-state index in [2.05, 4.69) is 5.32 Å². The highest BCUT2D eigenvalue weighted by Gasteiger charge is 2.45. The Labute approximate surface area is 99.6 Å². The van der Waals surface area contributed by atoms with Gasteiger partial charge in [0.1, 0.15) is 5.54 Å². The average molecular weight is 233 g/mol. The molecule has 1 amide bonds. The molecule has 1 fully saturated rings. The maximum Gasteiger partial charge on any atom is 0.329 e. The number of benzene rings is 1. The first-order chi connectivity index (χ1) is 8.03. The number of aryl methyl sites for hydroxylation is 1. The van der Waals surface area contributed by atoms with E-state index in [-0.39, 0.29) is 5.91 Å². The van der Waals surface area contributed by atoms with Crippen LogP contribution >= 0.6 is 0 Å². The predicted octanol–water partition coefficient (Wildman–Crippen LogP) is 1.73. The molecule has 4 nitrogen and oxygen atoms in total. The molecule has 0 atom stereocenters. The second-order valence-corrected chi connectivity index (χ2v) is 4.56. The van der Waals surface area contributed by atoms with E-state index in [4.69, 9.17) is 5.11 Å². The maximum absolute atomic E-state index is 11.9. The van der Waals surface area contributed by atoms with Crippen molar-refractivity contribution < 1.29 is 14.7 Å². The molecule has 0 unspecified atom stereocenters. The van der Waals surface area contributed by atoms with E-state index in [0.717, 1.165) is 12.0 Å². The highest BCUT2D eigenvalue weighted by atomic mass is 16.4. The molecule has 1 aromatic carbocycles. The number of carbonyl (C=O) groups is 2. The molecule has 0 aromatic heterocycles. The van der Waals surface area contributed by atoms with Crippen LogP contribution in [0.15, 0.2) is 24.3 Å². The highest BCUT2D eigenvalue weighted by molar-refractivity contribution is 5.98. The van der Waals surface area contributed by atoms with E-state index in [1.165, 1.54) is 0 Å². The lowest BCUT2D eigenvalue weighted by Crippen LogP contribution is -2.59. The van der Waals surface area contributed by atoms with Gasteiger partial charge in [-0.15, -0.1) is 0 Å². The summed E-state index contributed by atoms with van der Waals surface area (Å²) in [4.78, 5) is 23.0. The summed E-state index contributed by atoms with van der Waals surface area (Å²) in [6.45, 7) is 1.94. The minimum absolute atomic E-state index is 0.313. The van der Waals surface area contributed by atoms with Gasteiger partial charge in [0, 0.05) is 5.56 Å². The van der Waals surface area contributed by atoms with Crippen molar-refractivity contribution in [1.82, 2.24) is 5.32 Å². The quantitative estimate of drug-likeness (QED) is 0.835. The van der Waals surface area contributed by atoms with Crippen molar-refractivity contribution in [2.24, 2.45) is 0 Å². The Balaban J connectivity index is 2.11. The number of rotatable bonds is 3. The second kappa shape index (κ2) is 4.20. The number of aliphatic carboxylic acids is 1. The summed E-state index contributed by atoms with van der Waals surface area (Å²) in [5.41, 5.74) is 0.531. The van der Waals surface area contributed by atoms with Crippen molar-refractivity contribution in [1.29, 1.82) is 0 Å². The largest absolute Gasteiger partial charge is 0.480 e. The molecule has 4 heteroatoms. The van der Waals surface area contributed by atoms with E-state index in [1.54, 1.807) is 12.1 Å². The van der Waals surface area contributed by atoms with Gasteiger partial charge in [0.05, 0.1) is 0 Å². The first-order valence-electron chi connectivity index (χ1n) is 5.66. The number of carboxylic acid groups (broad SMARTS) is 1. The lowest BCUT2D eigenvalue weighted by molar-refractivity contribution is -0.148. The summed E-state index contributed by atoms with van der Waals surface area (Å²) in [5.74, 6) is -1.25. The molecule has 0 aliphatic heterocycles. The second-order valence-electron chi connectivity index (χ2n) is 4.56. The number of hydrogen-bond donors (Lipinski definition) is 2. The van der Waals surface area contributed by atoms with Gasteiger partial charge in [0.2, 0.25) is 0 Å². The summed E-state index contributed by atoms with van der Waals surface area (Å²) in [6, 6.07) is 7.09. The number of nitrogens with one attached hydrogen (secondary N) is 1. The van der Waals surface area contributed by atoms with Gasteiger partial charge in [0.15, 0.2) is 0 Å². The lowest BCUT2D eigenvalue weighted by atomic mass is 9.76. The van der Waals surface area contributed by atoms with Crippen LogP contribution < -0.4 is 5.32 Å². The monoisotopic (exact) mass is 233 g/mol. The van der Waals surface area contributed by atoms with Crippen molar-refractivity contribution in [3.8, 4) is 0 Å². The third-order valence-corrected chi connectivity index (χ3v) is 3.28. The Morgan fingerprint density at radius 1 is 1.24 bits per heavy atom. The van der Waals surface area contributed by atoms with E-state index < -0.39 is 11.5 Å². The topological polar surface area (TPSA) is 66.4 Å². The summed E-state index contributed by atoms with van der Waals surface area (Å²) in [7, 11) is 0. The third-order valence-electron chi connectivity index (χ3n) is 3.28. The molecule has 1 aromatic rings. The van der Waals surface area contributed by atoms with Crippen LogP contribution in [0.25, 0.3) is 0 Å². The number of carboxylic acids is 1. The lowest BCUT2D eigenvalue weighted by Gasteiger charge is -2.38. The summed E-state index contributed by atoms with van der Waals surface area (Å²) in [5, 5.41) is 11.7. The Hall–Kier alpha value is -1.84. The van der Waals surface area contributed by atoms with Gasteiger partial charge >= 0.3 is 5.97 Å². The zero-order chi connectivity index (χ0) is 12.5. The van der Waals surface area contributed by atoms with Crippen LogP contribution in [-0.2, 0) is 4.79 Å². The van der Waals surface area contributed by atoms with Gasteiger partial charge in [0.25, 0.3) is 5.91 Å². The molecule has 90 valence electrons. The van der Waals surface area contributed by atoms with E-state index >= 15 is 0 Å². The standard InChI is InChI=1S/C13H15NO3/c1-9-3-5-10(6-4-9)11(15)14-13(12(16)17)7-2-8-13/h3-6H,2,7-8H2,1H3,(H,14,15)(H,16,17). The fourth-order valence-electron chi connectivity index (χ4n) is 1.92. The molecule has 1 saturated carbocycles. The first-order valence-corrected chi connectivity index (χ1v) is 5.66. The van der Waals surface area contributed by atoms with E-state index in [9.17, 15) is 9.59 Å². The molecule has 0 radical (unpaired) electrons. The predicted molar refractivity (Wildman–Crippen MR) is 62.9 cm³/mol. The van der Waals surface area contributed by atoms with Crippen LogP contribution in [-0.4, -0.2) is 22.5 Å². The summed E-state index contributed by atoms with van der Waals surface area (Å²) >= 11 is 0. The van der Waals surface area contributed by atoms with Crippen LogP contribution in [0, 0.1) is 6.92 Å². The number of carbonyl (C=O) groups excluding carboxylic acids is 1. The average Bonchev–Trinajstić information content (AvgIpc) is 2.23. The molecule has 0 bridgehead atoms. The molecule has 1 aliphatic carbocycles. The van der Waals surface area contributed by atoms with Crippen molar-refractivity contribution in [3.63, 3.8) is 0 Å². The van der Waals surface area contributed by atoms with Gasteiger partial charge in [-0.1, -0.05) is 17.7 Å². The van der Waals surface area contributed by atoms with E-state index in [0.29, 0.717) is 18.4 Å². The molecule has 0 spiro atoms. The molecular formula is C13H15NO3. The molecule has 0 heterocycles. The highest BCUT2D eigenvalue weighted by Crippen LogP contribution is 2.32. The molecule has 0 saturated heterocycles. The van der Waals surface area contributed by atoms with Gasteiger partial charge in [-0.05, 0) is 38.3 Å². The molecular weight excluding hydrogens is 218 g/mol. The number of amides is 1. The molecule has 17 heavy (non-hydrogen) atoms. The van der Waals surface area contributed by atoms with Gasteiger partial charge in [-0.25, -0.2) is 4.79 Å². The summed E-state index contributed by atoms with van der Waals surface area (Å²) in [6.07, 6.45) is 1.88. The van der Waals surface area contributed by atoms with Gasteiger partial charge in [-0.3, -0.25) is 4.79 Å². The van der Waals surface area contributed by atoms with Crippen LogP contribution in [0.4, 0.5) is 0 Å². The van der Waals surface area contributed by atoms with E-state index in [1.807, 2.05) is 19.1 Å². The molecule has 2 rings (SSSR count). The van der Waals surface area contributed by atoms with Crippen molar-refractivity contribution >= 4 is 11.9 Å². The minimum atomic E-state index is -1.04.